The topological polar surface area (TPSA) is 51.8 Å². The monoisotopic (exact) mass is 402 g/mol. The van der Waals surface area contributed by atoms with Crippen molar-refractivity contribution in [1.82, 2.24) is 5.32 Å². The van der Waals surface area contributed by atoms with Crippen LogP contribution in [0.1, 0.15) is 5.56 Å². The lowest BCUT2D eigenvalue weighted by molar-refractivity contribution is -0.0498. The molecule has 2 aromatic carbocycles. The maximum Gasteiger partial charge on any atom is 0.387 e. The number of benzene rings is 2. The predicted molar refractivity (Wildman–Crippen MR) is 101 cm³/mol. The normalized spacial score (nSPS) is 10.4. The second-order valence-electron chi connectivity index (χ2n) is 5.02. The molecule has 2 N–H and O–H groups in total. The van der Waals surface area contributed by atoms with Crippen LogP contribution in [-0.2, 0) is 6.54 Å². The summed E-state index contributed by atoms with van der Waals surface area (Å²) in [6.07, 6.45) is 0. The molecule has 0 aromatic heterocycles. The van der Waals surface area contributed by atoms with Crippen molar-refractivity contribution < 1.29 is 23.0 Å². The van der Waals surface area contributed by atoms with E-state index in [1.165, 1.54) is 26.4 Å². The van der Waals surface area contributed by atoms with Crippen molar-refractivity contribution in [3.05, 3.63) is 47.0 Å². The van der Waals surface area contributed by atoms with E-state index < -0.39 is 6.61 Å². The summed E-state index contributed by atoms with van der Waals surface area (Å²) in [4.78, 5) is 0. The highest BCUT2D eigenvalue weighted by molar-refractivity contribution is 7.80. The molecule has 26 heavy (non-hydrogen) atoms. The number of hydrogen-bond donors (Lipinski definition) is 2. The van der Waals surface area contributed by atoms with Gasteiger partial charge in [0, 0.05) is 18.7 Å². The highest BCUT2D eigenvalue weighted by Gasteiger charge is 2.11. The summed E-state index contributed by atoms with van der Waals surface area (Å²) < 4.78 is 39.0. The third kappa shape index (κ3) is 5.60. The molecule has 0 saturated carbocycles. The molecular formula is C17H17ClF2N2O3S. The smallest absolute Gasteiger partial charge is 0.387 e. The molecule has 140 valence electrons. The standard InChI is InChI=1S/C17H17ClF2N2O3S/c1-23-14-8-13(15(24-2)7-12(14)18)22-17(26)21-9-10-3-5-11(6-4-10)25-16(19)20/h3-8,16H,9H2,1-2H3,(H2,21,22,26). The molecule has 0 aliphatic carbocycles. The van der Waals surface area contributed by atoms with Crippen molar-refractivity contribution >= 4 is 34.6 Å². The van der Waals surface area contributed by atoms with Gasteiger partial charge in [-0.05, 0) is 29.9 Å². The van der Waals surface area contributed by atoms with Crippen LogP contribution < -0.4 is 24.8 Å². The Morgan fingerprint density at radius 2 is 1.77 bits per heavy atom. The Morgan fingerprint density at radius 3 is 2.35 bits per heavy atom. The number of rotatable bonds is 7. The first-order chi connectivity index (χ1) is 12.4. The summed E-state index contributed by atoms with van der Waals surface area (Å²) in [7, 11) is 3.03. The number of nitrogens with one attached hydrogen (secondary N) is 2. The largest absolute Gasteiger partial charge is 0.495 e. The van der Waals surface area contributed by atoms with Gasteiger partial charge in [0.05, 0.1) is 24.9 Å². The number of alkyl halides is 2. The Morgan fingerprint density at radius 1 is 1.12 bits per heavy atom. The number of halogens is 3. The SMILES string of the molecule is COc1cc(NC(=S)NCc2ccc(OC(F)F)cc2)c(OC)cc1Cl. The Bertz CT molecular complexity index is 760. The van der Waals surface area contributed by atoms with Crippen molar-refractivity contribution in [2.24, 2.45) is 0 Å². The summed E-state index contributed by atoms with van der Waals surface area (Å²) in [5.74, 6) is 1.09. The van der Waals surface area contributed by atoms with Gasteiger partial charge in [-0.2, -0.15) is 8.78 Å². The van der Waals surface area contributed by atoms with Gasteiger partial charge in [0.1, 0.15) is 17.2 Å². The Labute approximate surface area is 160 Å². The minimum absolute atomic E-state index is 0.0995. The van der Waals surface area contributed by atoms with Crippen LogP contribution >= 0.6 is 23.8 Å². The van der Waals surface area contributed by atoms with E-state index in [-0.39, 0.29) is 5.75 Å². The average Bonchev–Trinajstić information content (AvgIpc) is 2.61. The van der Waals surface area contributed by atoms with E-state index in [0.29, 0.717) is 33.9 Å². The van der Waals surface area contributed by atoms with Gasteiger partial charge in [0.15, 0.2) is 5.11 Å². The number of anilines is 1. The molecule has 0 radical (unpaired) electrons. The zero-order valence-electron chi connectivity index (χ0n) is 14.0. The first-order valence-corrected chi connectivity index (χ1v) is 8.21. The summed E-state index contributed by atoms with van der Waals surface area (Å²) in [5, 5.41) is 6.78. The lowest BCUT2D eigenvalue weighted by Crippen LogP contribution is -2.28. The van der Waals surface area contributed by atoms with Crippen molar-refractivity contribution in [1.29, 1.82) is 0 Å². The lowest BCUT2D eigenvalue weighted by atomic mass is 10.2. The first-order valence-electron chi connectivity index (χ1n) is 7.43. The second-order valence-corrected chi connectivity index (χ2v) is 5.83. The van der Waals surface area contributed by atoms with Crippen molar-refractivity contribution in [3.8, 4) is 17.2 Å². The molecule has 0 bridgehead atoms. The zero-order valence-corrected chi connectivity index (χ0v) is 15.6. The fraction of sp³-hybridized carbons (Fsp3) is 0.235. The molecule has 0 saturated heterocycles. The Kier molecular flexibility index (Phi) is 7.23. The molecule has 2 rings (SSSR count). The minimum atomic E-state index is -2.85. The molecule has 9 heteroatoms. The Balaban J connectivity index is 1.96. The second kappa shape index (κ2) is 9.40. The van der Waals surface area contributed by atoms with E-state index in [4.69, 9.17) is 33.3 Å². The van der Waals surface area contributed by atoms with Crippen LogP contribution in [0.2, 0.25) is 5.02 Å². The van der Waals surface area contributed by atoms with E-state index in [0.717, 1.165) is 5.56 Å². The molecule has 5 nitrogen and oxygen atoms in total. The first kappa shape index (κ1) is 20.0. The summed E-state index contributed by atoms with van der Waals surface area (Å²) in [6, 6.07) is 9.55. The predicted octanol–water partition coefficient (Wildman–Crippen LogP) is 4.45. The molecule has 0 aliphatic rings. The quantitative estimate of drug-likeness (QED) is 0.667. The number of ether oxygens (including phenoxy) is 3. The van der Waals surface area contributed by atoms with Crippen LogP contribution in [0.15, 0.2) is 36.4 Å². The molecule has 0 spiro atoms. The maximum atomic E-state index is 12.1. The van der Waals surface area contributed by atoms with Crippen molar-refractivity contribution in [2.75, 3.05) is 19.5 Å². The van der Waals surface area contributed by atoms with Gasteiger partial charge in [-0.1, -0.05) is 23.7 Å². The molecule has 0 heterocycles. The van der Waals surface area contributed by atoms with Gasteiger partial charge in [-0.15, -0.1) is 0 Å². The van der Waals surface area contributed by atoms with Gasteiger partial charge in [0.2, 0.25) is 0 Å². The summed E-state index contributed by atoms with van der Waals surface area (Å²) in [6.45, 7) is -2.45. The van der Waals surface area contributed by atoms with Gasteiger partial charge >= 0.3 is 6.61 Å². The third-order valence-electron chi connectivity index (χ3n) is 3.32. The van der Waals surface area contributed by atoms with E-state index in [9.17, 15) is 8.78 Å². The van der Waals surface area contributed by atoms with E-state index in [1.807, 2.05) is 0 Å². The lowest BCUT2D eigenvalue weighted by Gasteiger charge is -2.15. The molecular weight excluding hydrogens is 386 g/mol. The fourth-order valence-corrected chi connectivity index (χ4v) is 2.51. The van der Waals surface area contributed by atoms with Crippen LogP contribution in [0.3, 0.4) is 0 Å². The molecule has 0 amide bonds. The zero-order chi connectivity index (χ0) is 19.1. The average molecular weight is 403 g/mol. The van der Waals surface area contributed by atoms with Gasteiger partial charge in [-0.25, -0.2) is 0 Å². The van der Waals surface area contributed by atoms with Crippen LogP contribution in [0.4, 0.5) is 14.5 Å². The van der Waals surface area contributed by atoms with E-state index in [1.54, 1.807) is 24.3 Å². The Hall–Kier alpha value is -2.32. The fourth-order valence-electron chi connectivity index (χ4n) is 2.10. The van der Waals surface area contributed by atoms with E-state index in [2.05, 4.69) is 15.4 Å². The highest BCUT2D eigenvalue weighted by Crippen LogP contribution is 2.35. The highest BCUT2D eigenvalue weighted by atomic mass is 35.5. The third-order valence-corrected chi connectivity index (χ3v) is 3.87. The van der Waals surface area contributed by atoms with Gasteiger partial charge in [-0.3, -0.25) is 0 Å². The van der Waals surface area contributed by atoms with Crippen LogP contribution in [0, 0.1) is 0 Å². The maximum absolute atomic E-state index is 12.1. The van der Waals surface area contributed by atoms with Crippen LogP contribution in [0.5, 0.6) is 17.2 Å². The van der Waals surface area contributed by atoms with Crippen LogP contribution in [-0.4, -0.2) is 25.9 Å². The van der Waals surface area contributed by atoms with Crippen molar-refractivity contribution in [2.45, 2.75) is 13.2 Å². The van der Waals surface area contributed by atoms with Gasteiger partial charge < -0.3 is 24.8 Å². The number of thiocarbonyl (C=S) groups is 1. The molecule has 2 aromatic rings. The molecule has 0 aliphatic heterocycles. The summed E-state index contributed by atoms with van der Waals surface area (Å²) in [5.41, 5.74) is 1.43. The number of methoxy groups -OCH3 is 2. The van der Waals surface area contributed by atoms with Gasteiger partial charge in [0.25, 0.3) is 0 Å². The van der Waals surface area contributed by atoms with Crippen molar-refractivity contribution in [3.63, 3.8) is 0 Å². The van der Waals surface area contributed by atoms with Crippen LogP contribution in [0.25, 0.3) is 0 Å². The minimum Gasteiger partial charge on any atom is -0.495 e. The van der Waals surface area contributed by atoms with E-state index >= 15 is 0 Å². The summed E-state index contributed by atoms with van der Waals surface area (Å²) >= 11 is 11.3. The molecule has 0 unspecified atom stereocenters. The molecule has 0 fully saturated rings. The molecule has 0 atom stereocenters. The number of hydrogen-bond acceptors (Lipinski definition) is 4.